The van der Waals surface area contributed by atoms with Crippen molar-refractivity contribution in [3.8, 4) is 0 Å². The van der Waals surface area contributed by atoms with Crippen LogP contribution in [0.3, 0.4) is 0 Å². The molecular weight excluding hydrogens is 310 g/mol. The van der Waals surface area contributed by atoms with Gasteiger partial charge < -0.3 is 0 Å². The molecule has 2 aromatic rings. The summed E-state index contributed by atoms with van der Waals surface area (Å²) in [7, 11) is 0. The van der Waals surface area contributed by atoms with Crippen molar-refractivity contribution in [1.29, 1.82) is 0 Å². The summed E-state index contributed by atoms with van der Waals surface area (Å²) in [6, 6.07) is 4.29. The largest absolute Gasteiger partial charge is 0.328 e. The van der Waals surface area contributed by atoms with Crippen LogP contribution in [0.5, 0.6) is 0 Å². The van der Waals surface area contributed by atoms with Crippen LogP contribution in [0.4, 0.5) is 4.39 Å². The molecule has 0 aliphatic heterocycles. The van der Waals surface area contributed by atoms with E-state index >= 15 is 0 Å². The van der Waals surface area contributed by atoms with Gasteiger partial charge in [-0.05, 0) is 18.2 Å². The first kappa shape index (κ1) is 14.5. The van der Waals surface area contributed by atoms with E-state index in [1.165, 1.54) is 18.2 Å². The van der Waals surface area contributed by atoms with E-state index in [9.17, 15) is 18.8 Å². The first-order valence-electron chi connectivity index (χ1n) is 5.36. The highest BCUT2D eigenvalue weighted by molar-refractivity contribution is 6.35. The quantitative estimate of drug-likeness (QED) is 0.879. The Labute approximate surface area is 121 Å². The molecule has 8 heteroatoms. The Kier molecular flexibility index (Phi) is 4.06. The van der Waals surface area contributed by atoms with Crippen LogP contribution in [0.1, 0.15) is 10.4 Å². The second-order valence-corrected chi connectivity index (χ2v) is 4.76. The molecule has 5 nitrogen and oxygen atoms in total. The Hall–Kier alpha value is -1.92. The molecule has 1 aromatic carbocycles. The summed E-state index contributed by atoms with van der Waals surface area (Å²) in [5.74, 6) is -1.69. The lowest BCUT2D eigenvalue weighted by molar-refractivity contribution is 0.0970. The van der Waals surface area contributed by atoms with Crippen molar-refractivity contribution in [2.45, 2.75) is 6.54 Å². The maximum atomic E-state index is 13.1. The minimum atomic E-state index is -1.16. The molecule has 0 saturated heterocycles. The highest BCUT2D eigenvalue weighted by atomic mass is 35.5. The van der Waals surface area contributed by atoms with Gasteiger partial charge in [-0.3, -0.25) is 19.1 Å². The Morgan fingerprint density at radius 3 is 2.70 bits per heavy atom. The third kappa shape index (κ3) is 2.97. The van der Waals surface area contributed by atoms with Crippen LogP contribution in [0.25, 0.3) is 0 Å². The normalized spacial score (nSPS) is 10.6. The highest BCUT2D eigenvalue weighted by Gasteiger charge is 2.13. The molecule has 1 N–H and O–H groups in total. The van der Waals surface area contributed by atoms with Gasteiger partial charge in [0.1, 0.15) is 0 Å². The van der Waals surface area contributed by atoms with E-state index < -0.39 is 29.4 Å². The van der Waals surface area contributed by atoms with Crippen LogP contribution in [0.15, 0.2) is 34.0 Å². The minimum absolute atomic E-state index is 0.109. The number of ketones is 1. The molecule has 0 fully saturated rings. The molecule has 0 radical (unpaired) electrons. The number of carbonyl (C=O) groups excluding carboxylic acids is 1. The van der Waals surface area contributed by atoms with Gasteiger partial charge in [-0.25, -0.2) is 4.79 Å². The summed E-state index contributed by atoms with van der Waals surface area (Å²) in [6.07, 6.45) is 0.664. The van der Waals surface area contributed by atoms with Crippen LogP contribution >= 0.6 is 23.2 Å². The van der Waals surface area contributed by atoms with Crippen LogP contribution in [0.2, 0.25) is 10.0 Å². The van der Waals surface area contributed by atoms with E-state index in [0.29, 0.717) is 11.2 Å². The SMILES string of the molecule is O=C(Cn1cc(F)c(=O)[nH]c1=O)c1cc(Cl)ccc1Cl. The molecule has 1 heterocycles. The summed E-state index contributed by atoms with van der Waals surface area (Å²) in [5.41, 5.74) is -1.92. The molecule has 20 heavy (non-hydrogen) atoms. The van der Waals surface area contributed by atoms with Gasteiger partial charge in [0, 0.05) is 10.6 Å². The fourth-order valence-corrected chi connectivity index (χ4v) is 1.95. The average Bonchev–Trinajstić information content (AvgIpc) is 2.38. The molecule has 0 atom stereocenters. The number of nitrogens with zero attached hydrogens (tertiary/aromatic N) is 1. The van der Waals surface area contributed by atoms with Gasteiger partial charge in [0.15, 0.2) is 5.78 Å². The van der Waals surface area contributed by atoms with Gasteiger partial charge in [-0.2, -0.15) is 4.39 Å². The molecular formula is C12H7Cl2FN2O3. The number of hydrogen-bond donors (Lipinski definition) is 1. The molecule has 0 saturated carbocycles. The monoisotopic (exact) mass is 316 g/mol. The predicted octanol–water partition coefficient (Wildman–Crippen LogP) is 1.87. The Balaban J connectivity index is 2.37. The highest BCUT2D eigenvalue weighted by Crippen LogP contribution is 2.21. The fourth-order valence-electron chi connectivity index (χ4n) is 1.55. The van der Waals surface area contributed by atoms with Gasteiger partial charge in [-0.15, -0.1) is 0 Å². The van der Waals surface area contributed by atoms with Crippen LogP contribution in [-0.4, -0.2) is 15.3 Å². The molecule has 1 aromatic heterocycles. The first-order valence-corrected chi connectivity index (χ1v) is 6.11. The van der Waals surface area contributed by atoms with Crippen molar-refractivity contribution in [2.24, 2.45) is 0 Å². The maximum absolute atomic E-state index is 13.1. The molecule has 0 aliphatic rings. The van der Waals surface area contributed by atoms with Crippen LogP contribution in [-0.2, 0) is 6.54 Å². The smallest absolute Gasteiger partial charge is 0.292 e. The van der Waals surface area contributed by atoms with Gasteiger partial charge >= 0.3 is 5.69 Å². The number of benzene rings is 1. The molecule has 0 amide bonds. The molecule has 0 unspecified atom stereocenters. The number of aromatic amines is 1. The number of nitrogens with one attached hydrogen (secondary N) is 1. The summed E-state index contributed by atoms with van der Waals surface area (Å²) < 4.78 is 13.8. The standard InChI is InChI=1S/C12H7Cl2FN2O3/c13-6-1-2-8(14)7(3-6)10(18)5-17-4-9(15)11(19)16-12(17)20/h1-4H,5H2,(H,16,19,20). The summed E-state index contributed by atoms with van der Waals surface area (Å²) in [6.45, 7) is -0.466. The molecule has 0 aliphatic carbocycles. The van der Waals surface area contributed by atoms with Crippen molar-refractivity contribution in [2.75, 3.05) is 0 Å². The van der Waals surface area contributed by atoms with Gasteiger partial charge in [0.25, 0.3) is 5.56 Å². The second-order valence-electron chi connectivity index (χ2n) is 3.91. The van der Waals surface area contributed by atoms with E-state index in [1.807, 2.05) is 0 Å². The van der Waals surface area contributed by atoms with E-state index in [0.717, 1.165) is 4.57 Å². The van der Waals surface area contributed by atoms with Crippen molar-refractivity contribution < 1.29 is 9.18 Å². The molecule has 2 rings (SSSR count). The number of rotatable bonds is 3. The fraction of sp³-hybridized carbons (Fsp3) is 0.0833. The van der Waals surface area contributed by atoms with E-state index in [4.69, 9.17) is 23.2 Å². The zero-order chi connectivity index (χ0) is 14.9. The molecule has 0 bridgehead atoms. The lowest BCUT2D eigenvalue weighted by Gasteiger charge is -2.06. The molecule has 0 spiro atoms. The second kappa shape index (κ2) is 5.60. The topological polar surface area (TPSA) is 71.9 Å². The number of carbonyl (C=O) groups is 1. The van der Waals surface area contributed by atoms with Crippen molar-refractivity contribution in [3.05, 3.63) is 66.7 Å². The number of hydrogen-bond acceptors (Lipinski definition) is 3. The number of Topliss-reactive ketones (excluding diaryl/α,β-unsaturated/α-hetero) is 1. The zero-order valence-electron chi connectivity index (χ0n) is 9.82. The van der Waals surface area contributed by atoms with Gasteiger partial charge in [0.05, 0.1) is 17.8 Å². The lowest BCUT2D eigenvalue weighted by atomic mass is 10.1. The Morgan fingerprint density at radius 1 is 1.30 bits per heavy atom. The molecule has 104 valence electrons. The van der Waals surface area contributed by atoms with Crippen molar-refractivity contribution in [1.82, 2.24) is 9.55 Å². The number of aromatic nitrogens is 2. The summed E-state index contributed by atoms with van der Waals surface area (Å²) >= 11 is 11.6. The van der Waals surface area contributed by atoms with Crippen molar-refractivity contribution >= 4 is 29.0 Å². The third-order valence-electron chi connectivity index (χ3n) is 2.51. The van der Waals surface area contributed by atoms with Crippen LogP contribution < -0.4 is 11.2 Å². The zero-order valence-corrected chi connectivity index (χ0v) is 11.3. The number of H-pyrrole nitrogens is 1. The lowest BCUT2D eigenvalue weighted by Crippen LogP contribution is -2.33. The van der Waals surface area contributed by atoms with E-state index in [1.54, 1.807) is 4.98 Å². The Bertz CT molecular complexity index is 798. The van der Waals surface area contributed by atoms with Gasteiger partial charge in [-0.1, -0.05) is 23.2 Å². The average molecular weight is 317 g/mol. The van der Waals surface area contributed by atoms with Crippen molar-refractivity contribution in [3.63, 3.8) is 0 Å². The van der Waals surface area contributed by atoms with Crippen LogP contribution in [0, 0.1) is 5.82 Å². The predicted molar refractivity (Wildman–Crippen MR) is 72.1 cm³/mol. The maximum Gasteiger partial charge on any atom is 0.328 e. The number of halogens is 3. The minimum Gasteiger partial charge on any atom is -0.292 e. The van der Waals surface area contributed by atoms with E-state index in [2.05, 4.69) is 0 Å². The van der Waals surface area contributed by atoms with Gasteiger partial charge in [0.2, 0.25) is 5.82 Å². The summed E-state index contributed by atoms with van der Waals surface area (Å²) in [5, 5.41) is 0.468. The Morgan fingerprint density at radius 2 is 2.00 bits per heavy atom. The summed E-state index contributed by atoms with van der Waals surface area (Å²) in [4.78, 5) is 36.1. The third-order valence-corrected chi connectivity index (χ3v) is 3.07. The first-order chi connectivity index (χ1) is 9.38. The van der Waals surface area contributed by atoms with E-state index in [-0.39, 0.29) is 10.6 Å².